The first-order valence-electron chi connectivity index (χ1n) is 5.14. The molecule has 17 heavy (non-hydrogen) atoms. The van der Waals surface area contributed by atoms with Crippen LogP contribution < -0.4 is 0 Å². The van der Waals surface area contributed by atoms with Gasteiger partial charge in [-0.05, 0) is 24.6 Å². The lowest BCUT2D eigenvalue weighted by molar-refractivity contribution is -0.141. The van der Waals surface area contributed by atoms with Gasteiger partial charge in [0, 0.05) is 0 Å². The first kappa shape index (κ1) is 12.4. The lowest BCUT2D eigenvalue weighted by atomic mass is 9.92. The third-order valence-electron chi connectivity index (χ3n) is 2.80. The van der Waals surface area contributed by atoms with Crippen LogP contribution in [0.2, 0.25) is 10.0 Å². The summed E-state index contributed by atoms with van der Waals surface area (Å²) >= 11 is 11.7. The van der Waals surface area contributed by atoms with Crippen molar-refractivity contribution in [3.8, 4) is 0 Å². The molecule has 1 aliphatic rings. The number of cyclic esters (lactones) is 1. The molecule has 1 aliphatic heterocycles. The monoisotopic (exact) mass is 272 g/mol. The van der Waals surface area contributed by atoms with E-state index in [0.717, 1.165) is 0 Å². The van der Waals surface area contributed by atoms with E-state index in [4.69, 9.17) is 27.9 Å². The van der Waals surface area contributed by atoms with Gasteiger partial charge in [-0.3, -0.25) is 9.59 Å². The summed E-state index contributed by atoms with van der Waals surface area (Å²) < 4.78 is 5.15. The van der Waals surface area contributed by atoms with Crippen molar-refractivity contribution >= 4 is 35.0 Å². The zero-order valence-electron chi connectivity index (χ0n) is 9.07. The van der Waals surface area contributed by atoms with E-state index in [1.807, 2.05) is 0 Å². The molecule has 1 saturated heterocycles. The highest BCUT2D eigenvalue weighted by Gasteiger charge is 2.38. The third kappa shape index (κ3) is 2.45. The van der Waals surface area contributed by atoms with Crippen LogP contribution in [0.25, 0.3) is 0 Å². The molecule has 0 radical (unpaired) electrons. The maximum absolute atomic E-state index is 11.4. The zero-order chi connectivity index (χ0) is 12.6. The van der Waals surface area contributed by atoms with Crippen LogP contribution in [-0.4, -0.2) is 11.8 Å². The Morgan fingerprint density at radius 3 is 2.65 bits per heavy atom. The second-order valence-electron chi connectivity index (χ2n) is 4.01. The predicted molar refractivity (Wildman–Crippen MR) is 64.1 cm³/mol. The highest BCUT2D eigenvalue weighted by atomic mass is 35.5. The van der Waals surface area contributed by atoms with Gasteiger partial charge in [0.15, 0.2) is 0 Å². The minimum Gasteiger partial charge on any atom is -0.457 e. The van der Waals surface area contributed by atoms with Crippen LogP contribution in [0.5, 0.6) is 0 Å². The van der Waals surface area contributed by atoms with Crippen molar-refractivity contribution in [2.45, 2.75) is 19.4 Å². The minimum absolute atomic E-state index is 0.0630. The van der Waals surface area contributed by atoms with E-state index in [0.29, 0.717) is 15.6 Å². The summed E-state index contributed by atoms with van der Waals surface area (Å²) in [6.07, 6.45) is -0.421. The summed E-state index contributed by atoms with van der Waals surface area (Å²) in [6, 6.07) is 4.97. The van der Waals surface area contributed by atoms with Crippen LogP contribution in [-0.2, 0) is 14.3 Å². The first-order valence-corrected chi connectivity index (χ1v) is 5.89. The van der Waals surface area contributed by atoms with Gasteiger partial charge in [0.05, 0.1) is 22.4 Å². The number of ketones is 1. The van der Waals surface area contributed by atoms with E-state index >= 15 is 0 Å². The zero-order valence-corrected chi connectivity index (χ0v) is 10.6. The van der Waals surface area contributed by atoms with E-state index in [-0.39, 0.29) is 18.2 Å². The first-order chi connectivity index (χ1) is 7.99. The Hall–Kier alpha value is -1.06. The molecule has 2 rings (SSSR count). The molecule has 0 aliphatic carbocycles. The molecule has 5 heteroatoms. The Balaban J connectivity index is 2.34. The van der Waals surface area contributed by atoms with Gasteiger partial charge in [0.1, 0.15) is 11.9 Å². The number of esters is 1. The lowest BCUT2D eigenvalue weighted by Gasteiger charge is -2.15. The van der Waals surface area contributed by atoms with Gasteiger partial charge in [-0.25, -0.2) is 0 Å². The molecule has 2 atom stereocenters. The summed E-state index contributed by atoms with van der Waals surface area (Å²) in [6.45, 7) is 1.46. The number of hydrogen-bond donors (Lipinski definition) is 0. The molecule has 0 amide bonds. The Kier molecular flexibility index (Phi) is 3.40. The molecule has 1 heterocycles. The van der Waals surface area contributed by atoms with Gasteiger partial charge >= 0.3 is 5.97 Å². The smallest absolute Gasteiger partial charge is 0.307 e. The molecule has 1 fully saturated rings. The van der Waals surface area contributed by atoms with E-state index in [1.54, 1.807) is 18.2 Å². The van der Waals surface area contributed by atoms with Crippen LogP contribution in [0, 0.1) is 5.92 Å². The number of ether oxygens (including phenoxy) is 1. The molecular weight excluding hydrogens is 263 g/mol. The Morgan fingerprint density at radius 1 is 1.35 bits per heavy atom. The molecule has 0 N–H and O–H groups in total. The fourth-order valence-corrected chi connectivity index (χ4v) is 2.21. The molecule has 0 aromatic heterocycles. The van der Waals surface area contributed by atoms with Gasteiger partial charge in [0.25, 0.3) is 0 Å². The molecule has 3 nitrogen and oxygen atoms in total. The average Bonchev–Trinajstić information content (AvgIpc) is 2.64. The van der Waals surface area contributed by atoms with Gasteiger partial charge in [-0.1, -0.05) is 29.3 Å². The predicted octanol–water partition coefficient (Wildman–Crippen LogP) is 3.19. The fourth-order valence-electron chi connectivity index (χ4n) is 1.91. The maximum atomic E-state index is 11.4. The SMILES string of the molecule is CC(=O)[C@H]1CC(=O)O[C@@H]1c1ccc(Cl)c(Cl)c1. The van der Waals surface area contributed by atoms with Gasteiger partial charge < -0.3 is 4.74 Å². The Bertz CT molecular complexity index is 485. The number of rotatable bonds is 2. The molecule has 0 bridgehead atoms. The standard InChI is InChI=1S/C12H10Cl2O3/c1-6(15)8-5-11(16)17-12(8)7-2-3-9(13)10(14)4-7/h2-4,8,12H,5H2,1H3/t8-,12-/m1/s1. The number of carbonyl (C=O) groups is 2. The Morgan fingerprint density at radius 2 is 2.06 bits per heavy atom. The molecule has 0 spiro atoms. The van der Waals surface area contributed by atoms with Crippen LogP contribution >= 0.6 is 23.2 Å². The largest absolute Gasteiger partial charge is 0.457 e. The topological polar surface area (TPSA) is 43.4 Å². The minimum atomic E-state index is -0.547. The summed E-state index contributed by atoms with van der Waals surface area (Å²) in [4.78, 5) is 22.7. The highest BCUT2D eigenvalue weighted by molar-refractivity contribution is 6.42. The van der Waals surface area contributed by atoms with Crippen molar-refractivity contribution in [1.82, 2.24) is 0 Å². The van der Waals surface area contributed by atoms with Crippen molar-refractivity contribution in [2.24, 2.45) is 5.92 Å². The fraction of sp³-hybridized carbons (Fsp3) is 0.333. The molecule has 0 unspecified atom stereocenters. The van der Waals surface area contributed by atoms with E-state index in [9.17, 15) is 9.59 Å². The molecule has 0 saturated carbocycles. The number of Topliss-reactive ketones (excluding diaryl/α,β-unsaturated/α-hetero) is 1. The molecule has 1 aromatic carbocycles. The van der Waals surface area contributed by atoms with E-state index < -0.39 is 12.0 Å². The van der Waals surface area contributed by atoms with Gasteiger partial charge in [0.2, 0.25) is 0 Å². The quantitative estimate of drug-likeness (QED) is 0.777. The maximum Gasteiger partial charge on any atom is 0.307 e. The molecule has 90 valence electrons. The summed E-state index contributed by atoms with van der Waals surface area (Å²) in [5.41, 5.74) is 0.699. The van der Waals surface area contributed by atoms with Crippen molar-refractivity contribution in [3.63, 3.8) is 0 Å². The number of hydrogen-bond acceptors (Lipinski definition) is 3. The number of halogens is 2. The number of carbonyl (C=O) groups excluding carboxylic acids is 2. The van der Waals surface area contributed by atoms with Crippen molar-refractivity contribution in [3.05, 3.63) is 33.8 Å². The molecular formula is C12H10Cl2O3. The van der Waals surface area contributed by atoms with Gasteiger partial charge in [-0.15, -0.1) is 0 Å². The van der Waals surface area contributed by atoms with Crippen LogP contribution in [0.3, 0.4) is 0 Å². The van der Waals surface area contributed by atoms with E-state index in [1.165, 1.54) is 6.92 Å². The molecule has 1 aromatic rings. The van der Waals surface area contributed by atoms with Crippen LogP contribution in [0.4, 0.5) is 0 Å². The summed E-state index contributed by atoms with van der Waals surface area (Å²) in [5.74, 6) is -0.854. The van der Waals surface area contributed by atoms with Crippen LogP contribution in [0.15, 0.2) is 18.2 Å². The highest BCUT2D eigenvalue weighted by Crippen LogP contribution is 2.37. The van der Waals surface area contributed by atoms with Crippen molar-refractivity contribution < 1.29 is 14.3 Å². The normalized spacial score (nSPS) is 23.6. The summed E-state index contributed by atoms with van der Waals surface area (Å²) in [7, 11) is 0. The second kappa shape index (κ2) is 4.67. The summed E-state index contributed by atoms with van der Waals surface area (Å²) in [5, 5.41) is 0.813. The van der Waals surface area contributed by atoms with Crippen LogP contribution in [0.1, 0.15) is 25.0 Å². The van der Waals surface area contributed by atoms with Crippen molar-refractivity contribution in [1.29, 1.82) is 0 Å². The van der Waals surface area contributed by atoms with E-state index in [2.05, 4.69) is 0 Å². The average molecular weight is 273 g/mol. The number of benzene rings is 1. The lowest BCUT2D eigenvalue weighted by Crippen LogP contribution is -2.15. The van der Waals surface area contributed by atoms with Gasteiger partial charge in [-0.2, -0.15) is 0 Å². The second-order valence-corrected chi connectivity index (χ2v) is 4.82. The van der Waals surface area contributed by atoms with Crippen molar-refractivity contribution in [2.75, 3.05) is 0 Å². The third-order valence-corrected chi connectivity index (χ3v) is 3.54. The Labute approximate surface area is 109 Å².